The third kappa shape index (κ3) is 56.5. The molecule has 0 atom stereocenters. The minimum absolute atomic E-state index is 0. The van der Waals surface area contributed by atoms with Gasteiger partial charge in [-0.05, 0) is 11.0 Å². The van der Waals surface area contributed by atoms with Crippen LogP contribution >= 0.6 is 0 Å². The molecule has 4 heavy (non-hydrogen) atoms. The fourth-order valence-electron chi connectivity index (χ4n) is 0. The molecule has 0 unspecified atom stereocenters. The summed E-state index contributed by atoms with van der Waals surface area (Å²) >= 11 is 0. The van der Waals surface area contributed by atoms with Gasteiger partial charge in [0, 0.05) is 0 Å². The van der Waals surface area contributed by atoms with E-state index in [1.165, 1.54) is 0 Å². The maximum Gasteiger partial charge on any atom is 0.106 e. The third-order valence-electron chi connectivity index (χ3n) is 0. The lowest BCUT2D eigenvalue weighted by molar-refractivity contribution is -0.0979. The van der Waals surface area contributed by atoms with Gasteiger partial charge in [-0.3, -0.25) is 0 Å². The number of carbonyl (C=O) groups excluding carboxylic acids is 1. The van der Waals surface area contributed by atoms with E-state index in [4.69, 9.17) is 4.79 Å². The van der Waals surface area contributed by atoms with Crippen molar-refractivity contribution in [2.45, 2.75) is 0 Å². The molecule has 0 heterocycles. The van der Waals surface area contributed by atoms with Crippen molar-refractivity contribution in [3.63, 3.8) is 0 Å². The SMILES string of the molecule is C=O.N.[SiH4]. The summed E-state index contributed by atoms with van der Waals surface area (Å²) in [6.45, 7) is 2.00. The first kappa shape index (κ1) is 43.5. The Morgan fingerprint density at radius 3 is 1.25 bits per heavy atom. The summed E-state index contributed by atoms with van der Waals surface area (Å²) in [6.07, 6.45) is 0. The van der Waals surface area contributed by atoms with Gasteiger partial charge < -0.3 is 10.9 Å². The van der Waals surface area contributed by atoms with Crippen molar-refractivity contribution in [2.24, 2.45) is 0 Å². The van der Waals surface area contributed by atoms with Crippen molar-refractivity contribution >= 4 is 17.8 Å². The van der Waals surface area contributed by atoms with E-state index in [0.717, 1.165) is 0 Å². The average Bonchev–Trinajstić information content (AvgIpc) is 1.00. The minimum Gasteiger partial charge on any atom is -0.344 e. The molecule has 0 aliphatic carbocycles. The zero-order valence-electron chi connectivity index (χ0n) is 1.82. The fourth-order valence-corrected chi connectivity index (χ4v) is 0. The van der Waals surface area contributed by atoms with Crippen LogP contribution in [0.25, 0.3) is 0 Å². The molecule has 0 aromatic carbocycles. The number of carbonyl (C=O) groups is 1. The minimum atomic E-state index is 0. The van der Waals surface area contributed by atoms with Crippen molar-refractivity contribution in [1.82, 2.24) is 6.15 Å². The lowest BCUT2D eigenvalue weighted by atomic mass is 11.9. The molecule has 0 rings (SSSR count). The summed E-state index contributed by atoms with van der Waals surface area (Å²) in [6, 6.07) is 0. The van der Waals surface area contributed by atoms with Crippen LogP contribution in [-0.2, 0) is 4.79 Å². The molecule has 0 aromatic rings. The van der Waals surface area contributed by atoms with Gasteiger partial charge in [-0.2, -0.15) is 0 Å². The van der Waals surface area contributed by atoms with Crippen molar-refractivity contribution < 1.29 is 4.79 Å². The molecule has 3 heteroatoms. The summed E-state index contributed by atoms with van der Waals surface area (Å²) < 4.78 is 0. The number of rotatable bonds is 0. The highest BCUT2D eigenvalue weighted by Crippen LogP contribution is 0.494. The smallest absolute Gasteiger partial charge is 0.106 e. The van der Waals surface area contributed by atoms with E-state index in [0.29, 0.717) is 0 Å². The van der Waals surface area contributed by atoms with Crippen LogP contribution in [0.5, 0.6) is 0 Å². The molecule has 0 aliphatic heterocycles. The first-order chi connectivity index (χ1) is 1.00. The molecule has 28 valence electrons. The second kappa shape index (κ2) is 414. The summed E-state index contributed by atoms with van der Waals surface area (Å²) in [5.41, 5.74) is 0. The van der Waals surface area contributed by atoms with Crippen LogP contribution in [-0.4, -0.2) is 17.8 Å². The van der Waals surface area contributed by atoms with Gasteiger partial charge >= 0.3 is 0 Å². The maximum absolute atomic E-state index is 8.00. The van der Waals surface area contributed by atoms with Crippen molar-refractivity contribution in [3.8, 4) is 0 Å². The van der Waals surface area contributed by atoms with Gasteiger partial charge in [0.25, 0.3) is 0 Å². The van der Waals surface area contributed by atoms with E-state index < -0.39 is 0 Å². The topological polar surface area (TPSA) is 52.1 Å². The van der Waals surface area contributed by atoms with Gasteiger partial charge in [-0.1, -0.05) is 0 Å². The normalized spacial score (nSPS) is 1.00. The Morgan fingerprint density at radius 2 is 1.25 bits per heavy atom. The molecule has 0 saturated carbocycles. The summed E-state index contributed by atoms with van der Waals surface area (Å²) in [4.78, 5) is 8.00. The highest BCUT2D eigenvalue weighted by atomic mass is 28.1. The van der Waals surface area contributed by atoms with Crippen molar-refractivity contribution in [1.29, 1.82) is 0 Å². The molecule has 0 saturated heterocycles. The molecule has 3 N–H and O–H groups in total. The average molecular weight is 79.2 g/mol. The van der Waals surface area contributed by atoms with Crippen LogP contribution in [0.15, 0.2) is 0 Å². The van der Waals surface area contributed by atoms with Crippen molar-refractivity contribution in [2.75, 3.05) is 0 Å². The molecule has 0 amide bonds. The molecular weight excluding hydrogens is 70.1 g/mol. The first-order valence-corrected chi connectivity index (χ1v) is 0.289. The molecule has 0 aromatic heterocycles. The second-order valence-electron chi connectivity index (χ2n) is 0. The van der Waals surface area contributed by atoms with Crippen LogP contribution in [0.3, 0.4) is 0 Å². The summed E-state index contributed by atoms with van der Waals surface area (Å²) in [7, 11) is 0. The lowest BCUT2D eigenvalue weighted by Gasteiger charge is -0.837. The van der Waals surface area contributed by atoms with Gasteiger partial charge in [0.2, 0.25) is 0 Å². The fraction of sp³-hybridized carbons (Fsp3) is 0. The first-order valence-electron chi connectivity index (χ1n) is 0.289. The molecule has 0 fully saturated rings. The predicted molar refractivity (Wildman–Crippen MR) is 23.5 cm³/mol. The second-order valence-corrected chi connectivity index (χ2v) is 0. The molecule has 0 aliphatic rings. The third-order valence-corrected chi connectivity index (χ3v) is 0. The number of hydrogen-bond donors (Lipinski definition) is 1. The molecule has 0 radical (unpaired) electrons. The lowest BCUT2D eigenvalue weighted by Crippen LogP contribution is -0.925. The predicted octanol–water partition coefficient (Wildman–Crippen LogP) is -1.47. The quantitative estimate of drug-likeness (QED) is 0.360. The highest BCUT2D eigenvalue weighted by Gasteiger charge is 0.636. The van der Waals surface area contributed by atoms with E-state index in [-0.39, 0.29) is 17.1 Å². The largest absolute Gasteiger partial charge is 0.344 e. The van der Waals surface area contributed by atoms with Gasteiger partial charge in [-0.15, -0.1) is 0 Å². The Morgan fingerprint density at radius 1 is 1.25 bits per heavy atom. The zero-order valence-corrected chi connectivity index (χ0v) is 1.82. The Hall–Kier alpha value is -0.153. The van der Waals surface area contributed by atoms with Crippen LogP contribution in [0.4, 0.5) is 0 Å². The Labute approximate surface area is 29.8 Å². The monoisotopic (exact) mass is 79.0 g/mol. The van der Waals surface area contributed by atoms with Gasteiger partial charge in [0.05, 0.1) is 0 Å². The van der Waals surface area contributed by atoms with Crippen LogP contribution in [0.1, 0.15) is 0 Å². The summed E-state index contributed by atoms with van der Waals surface area (Å²) in [5, 5.41) is 0. The molecule has 0 spiro atoms. The van der Waals surface area contributed by atoms with E-state index in [9.17, 15) is 0 Å². The van der Waals surface area contributed by atoms with Crippen LogP contribution in [0.2, 0.25) is 0 Å². The molecule has 0 bridgehead atoms. The van der Waals surface area contributed by atoms with Crippen LogP contribution < -0.4 is 6.15 Å². The van der Waals surface area contributed by atoms with E-state index in [1.54, 1.807) is 0 Å². The molecule has 2 nitrogen and oxygen atoms in total. The number of hydrogen-bond acceptors (Lipinski definition) is 2. The molecular formula is CH9NOSi. The maximum atomic E-state index is 8.00. The standard InChI is InChI=1S/CH2O.H3N.H4Si/c1-2;;/h1H2;1H3;1H4. The Balaban J connectivity index is -0.00000000500. The summed E-state index contributed by atoms with van der Waals surface area (Å²) in [5.74, 6) is 0. The highest BCUT2D eigenvalue weighted by molar-refractivity contribution is 5.75. The van der Waals surface area contributed by atoms with Gasteiger partial charge in [0.15, 0.2) is 0 Å². The Bertz CT molecular complexity index is 8.00. The Kier molecular flexibility index (Phi) is 4500. The van der Waals surface area contributed by atoms with Crippen molar-refractivity contribution in [3.05, 3.63) is 0 Å². The van der Waals surface area contributed by atoms with E-state index >= 15 is 0 Å². The van der Waals surface area contributed by atoms with Gasteiger partial charge in [-0.25, -0.2) is 0 Å². The van der Waals surface area contributed by atoms with Gasteiger partial charge in [0.1, 0.15) is 6.79 Å². The zero-order chi connectivity index (χ0) is 2.00. The van der Waals surface area contributed by atoms with Crippen LogP contribution in [0, 0.1) is 0 Å². The van der Waals surface area contributed by atoms with E-state index in [2.05, 4.69) is 0 Å². The van der Waals surface area contributed by atoms with E-state index in [1.807, 2.05) is 6.79 Å².